The maximum Gasteiger partial charge on any atom is 0.165 e. The molecule has 5 heteroatoms. The number of nitrogens with one attached hydrogen (secondary N) is 2. The van der Waals surface area contributed by atoms with E-state index in [1.54, 1.807) is 24.2 Å². The van der Waals surface area contributed by atoms with E-state index in [1.807, 2.05) is 6.92 Å². The molecule has 1 aromatic heterocycles. The van der Waals surface area contributed by atoms with E-state index in [0.29, 0.717) is 5.92 Å². The third kappa shape index (κ3) is 2.39. The number of imidazole rings is 1. The average Bonchev–Trinajstić information content (AvgIpc) is 3.03. The third-order valence-corrected chi connectivity index (χ3v) is 3.97. The van der Waals surface area contributed by atoms with E-state index in [9.17, 15) is 5.26 Å². The van der Waals surface area contributed by atoms with E-state index in [1.165, 1.54) is 12.8 Å². The first-order valence-corrected chi connectivity index (χ1v) is 6.58. The van der Waals surface area contributed by atoms with Gasteiger partial charge in [0.1, 0.15) is 5.54 Å². The van der Waals surface area contributed by atoms with Gasteiger partial charge in [-0.1, -0.05) is 18.7 Å². The molecule has 4 nitrogen and oxygen atoms in total. The lowest BCUT2D eigenvalue weighted by atomic mass is 9.98. The van der Waals surface area contributed by atoms with E-state index in [4.69, 9.17) is 0 Å². The van der Waals surface area contributed by atoms with Crippen LogP contribution in [0.25, 0.3) is 0 Å². The number of H-pyrrole nitrogens is 1. The van der Waals surface area contributed by atoms with Crippen LogP contribution in [0, 0.1) is 17.2 Å². The van der Waals surface area contributed by atoms with Crippen molar-refractivity contribution in [1.82, 2.24) is 15.3 Å². The molecule has 0 radical (unpaired) electrons. The Morgan fingerprint density at radius 2 is 2.56 bits per heavy atom. The van der Waals surface area contributed by atoms with Crippen molar-refractivity contribution in [2.24, 2.45) is 5.92 Å². The lowest BCUT2D eigenvalue weighted by molar-refractivity contribution is 0.416. The Labute approximate surface area is 99.8 Å². The zero-order valence-electron chi connectivity index (χ0n) is 9.36. The zero-order valence-corrected chi connectivity index (χ0v) is 10.2. The number of nitrogens with zero attached hydrogens (tertiary/aromatic N) is 2. The molecule has 0 aliphatic heterocycles. The van der Waals surface area contributed by atoms with E-state index < -0.39 is 0 Å². The van der Waals surface area contributed by atoms with Crippen LogP contribution in [0.15, 0.2) is 17.6 Å². The van der Waals surface area contributed by atoms with Crippen LogP contribution in [0.5, 0.6) is 0 Å². The molecule has 1 atom stereocenters. The first kappa shape index (κ1) is 11.5. The topological polar surface area (TPSA) is 64.5 Å². The normalized spacial score (nSPS) is 19.0. The van der Waals surface area contributed by atoms with Gasteiger partial charge in [-0.25, -0.2) is 4.98 Å². The monoisotopic (exact) mass is 236 g/mol. The van der Waals surface area contributed by atoms with Gasteiger partial charge in [0.15, 0.2) is 5.16 Å². The minimum atomic E-state index is -0.369. The Balaban J connectivity index is 1.99. The van der Waals surface area contributed by atoms with Crippen molar-refractivity contribution in [2.75, 3.05) is 12.3 Å². The Hall–Kier alpha value is -0.990. The Bertz CT molecular complexity index is 366. The highest BCUT2D eigenvalue weighted by Crippen LogP contribution is 2.41. The Morgan fingerprint density at radius 3 is 3.06 bits per heavy atom. The van der Waals surface area contributed by atoms with Crippen molar-refractivity contribution >= 4 is 11.8 Å². The molecule has 1 aliphatic rings. The summed E-state index contributed by atoms with van der Waals surface area (Å²) in [5.74, 6) is 1.27. The summed E-state index contributed by atoms with van der Waals surface area (Å²) in [6.07, 6.45) is 5.88. The maximum absolute atomic E-state index is 9.39. The molecule has 1 saturated carbocycles. The van der Waals surface area contributed by atoms with Crippen LogP contribution >= 0.6 is 11.8 Å². The molecule has 0 saturated heterocycles. The molecule has 1 heterocycles. The molecule has 1 aromatic rings. The van der Waals surface area contributed by atoms with Gasteiger partial charge in [0.25, 0.3) is 0 Å². The smallest absolute Gasteiger partial charge is 0.165 e. The summed E-state index contributed by atoms with van der Waals surface area (Å²) < 4.78 is 0. The number of nitriles is 1. The van der Waals surface area contributed by atoms with Gasteiger partial charge in [0.05, 0.1) is 6.07 Å². The number of hydrogen-bond donors (Lipinski definition) is 2. The number of aromatic nitrogens is 2. The summed E-state index contributed by atoms with van der Waals surface area (Å²) in [6.45, 7) is 2.88. The van der Waals surface area contributed by atoms with Crippen molar-refractivity contribution in [2.45, 2.75) is 30.5 Å². The van der Waals surface area contributed by atoms with Gasteiger partial charge < -0.3 is 4.98 Å². The standard InChI is InChI=1S/C11H16N4S/c1-2-15-11(7-12,9-3-4-9)8-16-10-13-5-6-14-10/h5-6,9,15H,2-4,8H2,1H3,(H,13,14). The van der Waals surface area contributed by atoms with Crippen LogP contribution in [0.3, 0.4) is 0 Å². The summed E-state index contributed by atoms with van der Waals surface area (Å²) in [5.41, 5.74) is -0.369. The van der Waals surface area contributed by atoms with E-state index in [2.05, 4.69) is 21.4 Å². The fourth-order valence-electron chi connectivity index (χ4n) is 1.88. The van der Waals surface area contributed by atoms with Gasteiger partial charge in [-0.15, -0.1) is 0 Å². The average molecular weight is 236 g/mol. The van der Waals surface area contributed by atoms with E-state index in [-0.39, 0.29) is 5.54 Å². The first-order valence-electron chi connectivity index (χ1n) is 5.59. The van der Waals surface area contributed by atoms with Crippen molar-refractivity contribution < 1.29 is 0 Å². The van der Waals surface area contributed by atoms with E-state index in [0.717, 1.165) is 17.5 Å². The highest BCUT2D eigenvalue weighted by molar-refractivity contribution is 7.99. The van der Waals surface area contributed by atoms with Crippen molar-refractivity contribution in [3.8, 4) is 6.07 Å². The van der Waals surface area contributed by atoms with Crippen LogP contribution < -0.4 is 5.32 Å². The Kier molecular flexibility index (Phi) is 3.52. The predicted molar refractivity (Wildman–Crippen MR) is 64.1 cm³/mol. The molecule has 0 bridgehead atoms. The minimum absolute atomic E-state index is 0.369. The molecule has 86 valence electrons. The van der Waals surface area contributed by atoms with E-state index >= 15 is 0 Å². The molecular weight excluding hydrogens is 220 g/mol. The molecule has 16 heavy (non-hydrogen) atoms. The fourth-order valence-corrected chi connectivity index (χ4v) is 2.93. The summed E-state index contributed by atoms with van der Waals surface area (Å²) in [7, 11) is 0. The van der Waals surface area contributed by atoms with Crippen LogP contribution in [-0.4, -0.2) is 27.8 Å². The lowest BCUT2D eigenvalue weighted by Gasteiger charge is -2.26. The second-order valence-corrected chi connectivity index (χ2v) is 5.03. The quantitative estimate of drug-likeness (QED) is 0.739. The zero-order chi connectivity index (χ0) is 11.4. The molecule has 2 rings (SSSR count). The van der Waals surface area contributed by atoms with Crippen molar-refractivity contribution in [3.05, 3.63) is 12.4 Å². The highest BCUT2D eigenvalue weighted by Gasteiger charge is 2.45. The summed E-state index contributed by atoms with van der Waals surface area (Å²) in [6, 6.07) is 2.47. The fraction of sp³-hybridized carbons (Fsp3) is 0.636. The molecule has 1 unspecified atom stereocenters. The summed E-state index contributed by atoms with van der Waals surface area (Å²) >= 11 is 1.62. The third-order valence-electron chi connectivity index (χ3n) is 2.88. The molecule has 0 amide bonds. The van der Waals surface area contributed by atoms with Gasteiger partial charge in [0, 0.05) is 18.1 Å². The number of hydrogen-bond acceptors (Lipinski definition) is 4. The maximum atomic E-state index is 9.39. The summed E-state index contributed by atoms with van der Waals surface area (Å²) in [5, 5.41) is 13.6. The molecular formula is C11H16N4S. The second kappa shape index (κ2) is 4.89. The SMILES string of the molecule is CCNC(C#N)(CSc1ncc[nH]1)C1CC1. The first-order chi connectivity index (χ1) is 7.80. The molecule has 0 spiro atoms. The largest absolute Gasteiger partial charge is 0.340 e. The van der Waals surface area contributed by atoms with Gasteiger partial charge in [-0.05, 0) is 25.3 Å². The predicted octanol–water partition coefficient (Wildman–Crippen LogP) is 1.78. The van der Waals surface area contributed by atoms with Gasteiger partial charge in [0.2, 0.25) is 0 Å². The van der Waals surface area contributed by atoms with Crippen LogP contribution in [0.1, 0.15) is 19.8 Å². The molecule has 2 N–H and O–H groups in total. The van der Waals surface area contributed by atoms with Crippen LogP contribution in [-0.2, 0) is 0 Å². The van der Waals surface area contributed by atoms with Crippen molar-refractivity contribution in [3.63, 3.8) is 0 Å². The highest BCUT2D eigenvalue weighted by atomic mass is 32.2. The number of aromatic amines is 1. The lowest BCUT2D eigenvalue weighted by Crippen LogP contribution is -2.48. The second-order valence-electron chi connectivity index (χ2n) is 4.07. The summed E-state index contributed by atoms with van der Waals surface area (Å²) in [4.78, 5) is 7.21. The minimum Gasteiger partial charge on any atom is -0.340 e. The van der Waals surface area contributed by atoms with Crippen LogP contribution in [0.2, 0.25) is 0 Å². The van der Waals surface area contributed by atoms with Crippen molar-refractivity contribution in [1.29, 1.82) is 5.26 Å². The molecule has 1 aliphatic carbocycles. The number of rotatable bonds is 6. The Morgan fingerprint density at radius 1 is 1.75 bits per heavy atom. The molecule has 1 fully saturated rings. The van der Waals surface area contributed by atoms with Gasteiger partial charge in [-0.2, -0.15) is 5.26 Å². The van der Waals surface area contributed by atoms with Gasteiger partial charge in [-0.3, -0.25) is 5.32 Å². The van der Waals surface area contributed by atoms with Gasteiger partial charge >= 0.3 is 0 Å². The number of thioether (sulfide) groups is 1. The molecule has 0 aromatic carbocycles. The van der Waals surface area contributed by atoms with Crippen LogP contribution in [0.4, 0.5) is 0 Å².